The molecule has 1 heterocycles. The number of allylic oxidation sites excluding steroid dienone is 2. The minimum absolute atomic E-state index is 0.163. The Hall–Kier alpha value is -0.000000000000000167. The molecule has 3 aliphatic rings. The molecule has 0 radical (unpaired) electrons. The second kappa shape index (κ2) is 4.50. The van der Waals surface area contributed by atoms with Gasteiger partial charge in [0.2, 0.25) is 0 Å². The average molecular weight is 359 g/mol. The molecule has 4 nitrogen and oxygen atoms in total. The number of alkyl halides is 2. The van der Waals surface area contributed by atoms with E-state index in [2.05, 4.69) is 0 Å². The second-order valence-corrected chi connectivity index (χ2v) is 7.39. The highest BCUT2D eigenvalue weighted by atomic mass is 35.5. The number of carbonyl (C=O) groups excluding carboxylic acids is 2. The third-order valence-corrected chi connectivity index (χ3v) is 6.57. The van der Waals surface area contributed by atoms with E-state index in [1.54, 1.807) is 0 Å². The summed E-state index contributed by atoms with van der Waals surface area (Å²) in [6, 6.07) is 0. The molecular formula is C12H11Cl4NO3. The lowest BCUT2D eigenvalue weighted by molar-refractivity contribution is -0.190. The van der Waals surface area contributed by atoms with Gasteiger partial charge in [0.05, 0.1) is 38.3 Å². The second-order valence-electron chi connectivity index (χ2n) is 5.29. The van der Waals surface area contributed by atoms with E-state index in [1.165, 1.54) is 0 Å². The van der Waals surface area contributed by atoms with Gasteiger partial charge in [0.1, 0.15) is 0 Å². The van der Waals surface area contributed by atoms with Crippen molar-refractivity contribution in [3.05, 3.63) is 10.1 Å². The summed E-state index contributed by atoms with van der Waals surface area (Å²) >= 11 is 25.2. The molecule has 110 valence electrons. The predicted octanol–water partition coefficient (Wildman–Crippen LogP) is 2.99. The van der Waals surface area contributed by atoms with Crippen molar-refractivity contribution >= 4 is 58.2 Å². The molecule has 1 saturated heterocycles. The van der Waals surface area contributed by atoms with Crippen molar-refractivity contribution in [3.8, 4) is 0 Å². The van der Waals surface area contributed by atoms with Crippen LogP contribution in [0.5, 0.6) is 0 Å². The Morgan fingerprint density at radius 3 is 2.00 bits per heavy atom. The van der Waals surface area contributed by atoms with Crippen LogP contribution in [0.2, 0.25) is 0 Å². The summed E-state index contributed by atoms with van der Waals surface area (Å²) in [4.78, 5) is 27.6. The lowest BCUT2D eigenvalue weighted by Gasteiger charge is -2.28. The first-order valence-electron chi connectivity index (χ1n) is 6.23. The molecule has 20 heavy (non-hydrogen) atoms. The van der Waals surface area contributed by atoms with Crippen LogP contribution in [-0.2, 0) is 14.4 Å². The maximum Gasteiger partial charge on any atom is 0.259 e. The summed E-state index contributed by atoms with van der Waals surface area (Å²) in [5, 5.41) is 1.09. The molecule has 3 rings (SSSR count). The molecule has 0 aromatic heterocycles. The zero-order valence-corrected chi connectivity index (χ0v) is 13.5. The van der Waals surface area contributed by atoms with E-state index in [-0.39, 0.29) is 23.1 Å². The molecule has 0 N–H and O–H groups in total. The summed E-state index contributed by atoms with van der Waals surface area (Å²) in [5.41, 5.74) is 0. The molecule has 2 amide bonds. The number of amides is 2. The van der Waals surface area contributed by atoms with Crippen molar-refractivity contribution in [2.45, 2.75) is 29.5 Å². The van der Waals surface area contributed by atoms with E-state index in [9.17, 15) is 9.59 Å². The predicted molar refractivity (Wildman–Crippen MR) is 75.6 cm³/mol. The minimum atomic E-state index is -1.21. The summed E-state index contributed by atoms with van der Waals surface area (Å²) < 4.78 is 0. The summed E-state index contributed by atoms with van der Waals surface area (Å²) in [5.74, 6) is -2.62. The highest BCUT2D eigenvalue weighted by molar-refractivity contribution is 6.52. The van der Waals surface area contributed by atoms with E-state index in [0.717, 1.165) is 5.06 Å². The van der Waals surface area contributed by atoms with Gasteiger partial charge in [-0.3, -0.25) is 14.4 Å². The van der Waals surface area contributed by atoms with E-state index in [0.29, 0.717) is 6.42 Å². The maximum absolute atomic E-state index is 12.4. The van der Waals surface area contributed by atoms with Crippen LogP contribution in [-0.4, -0.2) is 33.2 Å². The quantitative estimate of drug-likeness (QED) is 0.575. The van der Waals surface area contributed by atoms with Gasteiger partial charge in [0.15, 0.2) is 0 Å². The largest absolute Gasteiger partial charge is 0.272 e. The first kappa shape index (κ1) is 14.9. The van der Waals surface area contributed by atoms with Crippen LogP contribution < -0.4 is 0 Å². The Bertz CT molecular complexity index is 509. The molecule has 0 aromatic rings. The first-order valence-corrected chi connectivity index (χ1v) is 7.75. The molecule has 0 unspecified atom stereocenters. The fraction of sp³-hybridized carbons (Fsp3) is 0.667. The van der Waals surface area contributed by atoms with Crippen molar-refractivity contribution in [2.24, 2.45) is 11.8 Å². The van der Waals surface area contributed by atoms with E-state index < -0.39 is 33.4 Å². The van der Waals surface area contributed by atoms with Crippen molar-refractivity contribution in [1.29, 1.82) is 0 Å². The number of rotatable bonds is 3. The lowest BCUT2D eigenvalue weighted by Crippen LogP contribution is -2.38. The molecule has 2 aliphatic carbocycles. The molecule has 8 heteroatoms. The van der Waals surface area contributed by atoms with Crippen LogP contribution in [0.1, 0.15) is 19.8 Å². The number of imide groups is 1. The zero-order chi connectivity index (χ0) is 14.9. The Labute approximate surface area is 135 Å². The topological polar surface area (TPSA) is 46.6 Å². The van der Waals surface area contributed by atoms with Crippen LogP contribution >= 0.6 is 46.4 Å². The Morgan fingerprint density at radius 1 is 1.15 bits per heavy atom. The zero-order valence-electron chi connectivity index (χ0n) is 10.5. The number of hydrogen-bond acceptors (Lipinski definition) is 3. The van der Waals surface area contributed by atoms with Crippen LogP contribution in [0.15, 0.2) is 10.1 Å². The first-order chi connectivity index (χ1) is 9.29. The van der Waals surface area contributed by atoms with Gasteiger partial charge < -0.3 is 0 Å². The fourth-order valence-electron chi connectivity index (χ4n) is 3.26. The van der Waals surface area contributed by atoms with Crippen LogP contribution in [0.25, 0.3) is 0 Å². The van der Waals surface area contributed by atoms with Gasteiger partial charge in [-0.1, -0.05) is 30.1 Å². The van der Waals surface area contributed by atoms with Gasteiger partial charge in [-0.25, -0.2) is 0 Å². The van der Waals surface area contributed by atoms with Crippen LogP contribution in [0.4, 0.5) is 0 Å². The standard InChI is InChI=1S/C12H11Cl4NO3/c1-2-3-20-17-9(18)5-6(10(17)19)12(16)4-11(5,15)7(13)8(12)14/h5-6H,2-4H2,1H3/t5-,6-,11-,12-/m0/s1. The number of hydroxylamine groups is 2. The molecule has 4 atom stereocenters. The summed E-state index contributed by atoms with van der Waals surface area (Å²) in [6.07, 6.45) is 0.847. The van der Waals surface area contributed by atoms with Crippen LogP contribution in [0, 0.1) is 11.8 Å². The SMILES string of the molecule is CCCON1C(=O)[C@@H]2[C@@H](C1=O)[C@@]1(Cl)C[C@@]2(Cl)C(Cl)=C1Cl. The van der Waals surface area contributed by atoms with Gasteiger partial charge >= 0.3 is 0 Å². The smallest absolute Gasteiger partial charge is 0.259 e. The number of nitrogens with zero attached hydrogens (tertiary/aromatic N) is 1. The van der Waals surface area contributed by atoms with Crippen molar-refractivity contribution < 1.29 is 14.4 Å². The Morgan fingerprint density at radius 2 is 1.60 bits per heavy atom. The molecule has 1 aliphatic heterocycles. The minimum Gasteiger partial charge on any atom is -0.272 e. The summed E-state index contributed by atoms with van der Waals surface area (Å²) in [7, 11) is 0. The molecule has 0 spiro atoms. The molecule has 0 aromatic carbocycles. The highest BCUT2D eigenvalue weighted by Gasteiger charge is 2.76. The van der Waals surface area contributed by atoms with Crippen molar-refractivity contribution in [1.82, 2.24) is 5.06 Å². The van der Waals surface area contributed by atoms with E-state index in [4.69, 9.17) is 51.2 Å². The number of fused-ring (bicyclic) bond motifs is 5. The Balaban J connectivity index is 2.03. The van der Waals surface area contributed by atoms with Crippen LogP contribution in [0.3, 0.4) is 0 Å². The van der Waals surface area contributed by atoms with Gasteiger partial charge in [-0.15, -0.1) is 23.2 Å². The Kier molecular flexibility index (Phi) is 3.35. The van der Waals surface area contributed by atoms with E-state index >= 15 is 0 Å². The van der Waals surface area contributed by atoms with Crippen molar-refractivity contribution in [2.75, 3.05) is 6.61 Å². The van der Waals surface area contributed by atoms with Crippen molar-refractivity contribution in [3.63, 3.8) is 0 Å². The highest BCUT2D eigenvalue weighted by Crippen LogP contribution is 2.69. The molecule has 1 saturated carbocycles. The maximum atomic E-state index is 12.4. The monoisotopic (exact) mass is 357 g/mol. The average Bonchev–Trinajstić information content (AvgIpc) is 2.86. The van der Waals surface area contributed by atoms with Gasteiger partial charge in [-0.2, -0.15) is 5.06 Å². The van der Waals surface area contributed by atoms with Gasteiger partial charge in [0, 0.05) is 0 Å². The van der Waals surface area contributed by atoms with Gasteiger partial charge in [0.25, 0.3) is 11.8 Å². The fourth-order valence-corrected chi connectivity index (χ4v) is 5.18. The normalized spacial score (nSPS) is 43.0. The van der Waals surface area contributed by atoms with E-state index in [1.807, 2.05) is 6.92 Å². The third-order valence-electron chi connectivity index (χ3n) is 4.11. The number of halogens is 4. The molecular weight excluding hydrogens is 348 g/mol. The summed E-state index contributed by atoms with van der Waals surface area (Å²) in [6.45, 7) is 2.13. The van der Waals surface area contributed by atoms with Gasteiger partial charge in [-0.05, 0) is 12.8 Å². The molecule has 2 bridgehead atoms. The number of hydrogen-bond donors (Lipinski definition) is 0. The number of carbonyl (C=O) groups is 2. The molecule has 2 fully saturated rings. The third kappa shape index (κ3) is 1.55. The lowest BCUT2D eigenvalue weighted by atomic mass is 9.84.